The molecule has 30 heavy (non-hydrogen) atoms. The van der Waals surface area contributed by atoms with Crippen LogP contribution < -0.4 is 4.90 Å². The molecule has 2 aliphatic rings. The van der Waals surface area contributed by atoms with Gasteiger partial charge in [0.25, 0.3) is 0 Å². The third-order valence-corrected chi connectivity index (χ3v) is 6.44. The van der Waals surface area contributed by atoms with Crippen LogP contribution >= 0.6 is 0 Å². The second-order valence-corrected chi connectivity index (χ2v) is 8.87. The van der Waals surface area contributed by atoms with E-state index in [0.29, 0.717) is 25.9 Å². The van der Waals surface area contributed by atoms with Gasteiger partial charge in [-0.3, -0.25) is 14.8 Å². The fourth-order valence-electron chi connectivity index (χ4n) is 4.88. The lowest BCUT2D eigenvalue weighted by Gasteiger charge is -2.42. The van der Waals surface area contributed by atoms with Gasteiger partial charge in [-0.15, -0.1) is 0 Å². The van der Waals surface area contributed by atoms with E-state index in [0.717, 1.165) is 42.5 Å². The molecular weight excluding hydrogens is 378 g/mol. The number of carbonyl (C=O) groups excluding carboxylic acids is 1. The molecule has 4 rings (SSSR count). The van der Waals surface area contributed by atoms with Gasteiger partial charge in [0.15, 0.2) is 0 Å². The van der Waals surface area contributed by atoms with Crippen LogP contribution in [0.5, 0.6) is 0 Å². The van der Waals surface area contributed by atoms with Gasteiger partial charge in [0, 0.05) is 56.2 Å². The standard InChI is InChI=1S/C23H33N5O2/c1-26(22(29)6-4-14-27-12-2-3-13-27)17-23(30)9-5-15-28(18-23)21-8-11-25-20-7-10-24-16-19(20)21/h7-8,10-11,16,30H,2-6,9,12-15,17-18H2,1H3. The first kappa shape index (κ1) is 21.0. The van der Waals surface area contributed by atoms with Crippen LogP contribution in [-0.2, 0) is 4.79 Å². The third-order valence-electron chi connectivity index (χ3n) is 6.44. The first-order chi connectivity index (χ1) is 14.5. The van der Waals surface area contributed by atoms with Crippen LogP contribution in [0, 0.1) is 0 Å². The number of aliphatic hydroxyl groups is 1. The fraction of sp³-hybridized carbons (Fsp3) is 0.609. The Morgan fingerprint density at radius 2 is 2.03 bits per heavy atom. The number of amides is 1. The predicted octanol–water partition coefficient (Wildman–Crippen LogP) is 2.30. The molecule has 0 radical (unpaired) electrons. The summed E-state index contributed by atoms with van der Waals surface area (Å²) < 4.78 is 0. The number of rotatable bonds is 7. The molecule has 162 valence electrons. The van der Waals surface area contributed by atoms with Crippen molar-refractivity contribution in [2.24, 2.45) is 0 Å². The Morgan fingerprint density at radius 3 is 2.87 bits per heavy atom. The summed E-state index contributed by atoms with van der Waals surface area (Å²) in [5.74, 6) is 0.123. The molecule has 7 heteroatoms. The molecule has 2 fully saturated rings. The molecule has 2 aromatic rings. The van der Waals surface area contributed by atoms with Crippen molar-refractivity contribution in [3.63, 3.8) is 0 Å². The Balaban J connectivity index is 1.35. The number of hydrogen-bond donors (Lipinski definition) is 1. The summed E-state index contributed by atoms with van der Waals surface area (Å²) in [6.45, 7) is 5.09. The van der Waals surface area contributed by atoms with E-state index in [9.17, 15) is 9.90 Å². The molecule has 2 aromatic heterocycles. The second-order valence-electron chi connectivity index (χ2n) is 8.87. The minimum absolute atomic E-state index is 0.123. The van der Waals surface area contributed by atoms with E-state index in [1.165, 1.54) is 25.9 Å². The lowest BCUT2D eigenvalue weighted by atomic mass is 9.91. The highest BCUT2D eigenvalue weighted by Gasteiger charge is 2.36. The van der Waals surface area contributed by atoms with Gasteiger partial charge in [-0.05, 0) is 63.9 Å². The maximum absolute atomic E-state index is 12.6. The minimum Gasteiger partial charge on any atom is -0.386 e. The largest absolute Gasteiger partial charge is 0.386 e. The average molecular weight is 412 g/mol. The molecule has 1 atom stereocenters. The van der Waals surface area contributed by atoms with E-state index in [2.05, 4.69) is 19.8 Å². The highest BCUT2D eigenvalue weighted by atomic mass is 16.3. The van der Waals surface area contributed by atoms with Crippen LogP contribution in [0.1, 0.15) is 38.5 Å². The molecular formula is C23H33N5O2. The summed E-state index contributed by atoms with van der Waals surface area (Å²) in [7, 11) is 1.82. The Bertz CT molecular complexity index is 864. The predicted molar refractivity (Wildman–Crippen MR) is 118 cm³/mol. The lowest BCUT2D eigenvalue weighted by molar-refractivity contribution is -0.133. The topological polar surface area (TPSA) is 72.8 Å². The number of aromatic nitrogens is 2. The monoisotopic (exact) mass is 411 g/mol. The number of nitrogens with zero attached hydrogens (tertiary/aromatic N) is 5. The van der Waals surface area contributed by atoms with Crippen molar-refractivity contribution in [2.45, 2.75) is 44.1 Å². The summed E-state index contributed by atoms with van der Waals surface area (Å²) in [5, 5.41) is 12.3. The van der Waals surface area contributed by atoms with Gasteiger partial charge in [0.1, 0.15) is 0 Å². The molecule has 0 aromatic carbocycles. The highest BCUT2D eigenvalue weighted by Crippen LogP contribution is 2.31. The van der Waals surface area contributed by atoms with Crippen molar-refractivity contribution in [1.29, 1.82) is 0 Å². The van der Waals surface area contributed by atoms with E-state index in [1.54, 1.807) is 17.3 Å². The summed E-state index contributed by atoms with van der Waals surface area (Å²) >= 11 is 0. The van der Waals surface area contributed by atoms with Crippen molar-refractivity contribution in [2.75, 3.05) is 51.2 Å². The van der Waals surface area contributed by atoms with Crippen molar-refractivity contribution >= 4 is 22.5 Å². The average Bonchev–Trinajstić information content (AvgIpc) is 3.26. The maximum atomic E-state index is 12.6. The molecule has 0 bridgehead atoms. The molecule has 0 aliphatic carbocycles. The Hall–Kier alpha value is -2.25. The zero-order chi connectivity index (χ0) is 21.0. The van der Waals surface area contributed by atoms with Crippen LogP contribution in [0.15, 0.2) is 30.7 Å². The van der Waals surface area contributed by atoms with Crippen LogP contribution in [-0.4, -0.2) is 82.7 Å². The van der Waals surface area contributed by atoms with E-state index >= 15 is 0 Å². The van der Waals surface area contributed by atoms with Crippen molar-refractivity contribution in [3.05, 3.63) is 30.7 Å². The van der Waals surface area contributed by atoms with Crippen LogP contribution in [0.2, 0.25) is 0 Å². The van der Waals surface area contributed by atoms with Crippen molar-refractivity contribution in [1.82, 2.24) is 19.8 Å². The number of fused-ring (bicyclic) bond motifs is 1. The zero-order valence-electron chi connectivity index (χ0n) is 18.0. The summed E-state index contributed by atoms with van der Waals surface area (Å²) in [5.41, 5.74) is 1.04. The number of piperidine rings is 1. The molecule has 2 aliphatic heterocycles. The van der Waals surface area contributed by atoms with E-state index in [-0.39, 0.29) is 5.91 Å². The molecule has 7 nitrogen and oxygen atoms in total. The van der Waals surface area contributed by atoms with Crippen LogP contribution in [0.3, 0.4) is 0 Å². The van der Waals surface area contributed by atoms with Crippen molar-refractivity contribution in [3.8, 4) is 0 Å². The third kappa shape index (κ3) is 4.90. The van der Waals surface area contributed by atoms with Gasteiger partial charge in [0.2, 0.25) is 5.91 Å². The number of likely N-dealkylation sites (N-methyl/N-ethyl adjacent to an activating group) is 1. The molecule has 2 saturated heterocycles. The summed E-state index contributed by atoms with van der Waals surface area (Å²) in [4.78, 5) is 27.7. The lowest BCUT2D eigenvalue weighted by Crippen LogP contribution is -2.54. The highest BCUT2D eigenvalue weighted by molar-refractivity contribution is 5.90. The normalized spacial score (nSPS) is 22.5. The molecule has 1 unspecified atom stereocenters. The number of likely N-dealkylation sites (tertiary alicyclic amines) is 1. The Labute approximate surface area is 178 Å². The second kappa shape index (κ2) is 9.27. The van der Waals surface area contributed by atoms with Crippen molar-refractivity contribution < 1.29 is 9.90 Å². The SMILES string of the molecule is CN(CC1(O)CCCN(c2ccnc3ccncc23)C1)C(=O)CCCN1CCCC1. The van der Waals surface area contributed by atoms with Gasteiger partial charge < -0.3 is 19.8 Å². The first-order valence-electron chi connectivity index (χ1n) is 11.2. The maximum Gasteiger partial charge on any atom is 0.222 e. The first-order valence-corrected chi connectivity index (χ1v) is 11.2. The van der Waals surface area contributed by atoms with Crippen LogP contribution in [0.4, 0.5) is 5.69 Å². The Morgan fingerprint density at radius 1 is 1.20 bits per heavy atom. The van der Waals surface area contributed by atoms with E-state index < -0.39 is 5.60 Å². The van der Waals surface area contributed by atoms with Gasteiger partial charge >= 0.3 is 0 Å². The smallest absolute Gasteiger partial charge is 0.222 e. The number of β-amino-alcohol motifs (C(OH)–C–C–N with tert-alkyl or cyclic N) is 1. The number of carbonyl (C=O) groups is 1. The number of pyridine rings is 2. The van der Waals surface area contributed by atoms with E-state index in [4.69, 9.17) is 0 Å². The molecule has 0 saturated carbocycles. The Kier molecular flexibility index (Phi) is 6.49. The fourth-order valence-corrected chi connectivity index (χ4v) is 4.88. The van der Waals surface area contributed by atoms with E-state index in [1.807, 2.05) is 25.4 Å². The number of anilines is 1. The zero-order valence-corrected chi connectivity index (χ0v) is 18.0. The van der Waals surface area contributed by atoms with Gasteiger partial charge in [-0.25, -0.2) is 0 Å². The summed E-state index contributed by atoms with van der Waals surface area (Å²) in [6.07, 6.45) is 11.0. The van der Waals surface area contributed by atoms with Gasteiger partial charge in [0.05, 0.1) is 17.7 Å². The molecule has 1 amide bonds. The number of hydrogen-bond acceptors (Lipinski definition) is 6. The van der Waals surface area contributed by atoms with Crippen LogP contribution in [0.25, 0.3) is 10.9 Å². The quantitative estimate of drug-likeness (QED) is 0.754. The molecule has 4 heterocycles. The molecule has 0 spiro atoms. The minimum atomic E-state index is -0.907. The van der Waals surface area contributed by atoms with Gasteiger partial charge in [-0.2, -0.15) is 0 Å². The van der Waals surface area contributed by atoms with Gasteiger partial charge in [-0.1, -0.05) is 0 Å². The summed E-state index contributed by atoms with van der Waals surface area (Å²) in [6, 6.07) is 3.90. The molecule has 1 N–H and O–H groups in total.